The molecule has 18 heavy (non-hydrogen) atoms. The highest BCUT2D eigenvalue weighted by Gasteiger charge is 2.23. The Labute approximate surface area is 107 Å². The summed E-state index contributed by atoms with van der Waals surface area (Å²) < 4.78 is 0. The normalized spacial score (nSPS) is 19.9. The van der Waals surface area contributed by atoms with Gasteiger partial charge in [0.05, 0.1) is 0 Å². The van der Waals surface area contributed by atoms with Gasteiger partial charge in [-0.25, -0.2) is 9.97 Å². The Hall–Kier alpha value is -1.65. The van der Waals surface area contributed by atoms with Crippen LogP contribution in [0.3, 0.4) is 0 Å². The van der Waals surface area contributed by atoms with Gasteiger partial charge in [-0.2, -0.15) is 0 Å². The minimum Gasteiger partial charge on any atom is -0.481 e. The molecule has 1 atom stereocenters. The summed E-state index contributed by atoms with van der Waals surface area (Å²) in [7, 11) is 0. The van der Waals surface area contributed by atoms with Crippen molar-refractivity contribution in [1.29, 1.82) is 0 Å². The highest BCUT2D eigenvalue weighted by Crippen LogP contribution is 2.23. The van der Waals surface area contributed by atoms with Gasteiger partial charge in [-0.05, 0) is 38.7 Å². The molecule has 0 bridgehead atoms. The van der Waals surface area contributed by atoms with Gasteiger partial charge in [0.2, 0.25) is 5.95 Å². The monoisotopic (exact) mass is 249 g/mol. The lowest BCUT2D eigenvalue weighted by Crippen LogP contribution is -2.37. The van der Waals surface area contributed by atoms with Crippen LogP contribution in [0.15, 0.2) is 6.07 Å². The summed E-state index contributed by atoms with van der Waals surface area (Å²) >= 11 is 0. The molecule has 98 valence electrons. The summed E-state index contributed by atoms with van der Waals surface area (Å²) in [5.41, 5.74) is 1.91. The number of carbonyl (C=O) groups is 1. The molecule has 0 spiro atoms. The van der Waals surface area contributed by atoms with Crippen molar-refractivity contribution in [3.8, 4) is 0 Å². The molecule has 1 aromatic heterocycles. The first-order valence-corrected chi connectivity index (χ1v) is 6.33. The van der Waals surface area contributed by atoms with Crippen molar-refractivity contribution < 1.29 is 9.90 Å². The first-order chi connectivity index (χ1) is 8.54. The first-order valence-electron chi connectivity index (χ1n) is 6.33. The summed E-state index contributed by atoms with van der Waals surface area (Å²) in [4.78, 5) is 21.8. The summed E-state index contributed by atoms with van der Waals surface area (Å²) in [5, 5.41) is 8.86. The predicted octanol–water partition coefficient (Wildman–Crippen LogP) is 1.78. The Morgan fingerprint density at radius 1 is 1.44 bits per heavy atom. The van der Waals surface area contributed by atoms with Crippen molar-refractivity contribution in [2.75, 3.05) is 18.0 Å². The smallest absolute Gasteiger partial charge is 0.303 e. The van der Waals surface area contributed by atoms with Crippen LogP contribution in [-0.4, -0.2) is 34.1 Å². The Kier molecular flexibility index (Phi) is 3.79. The highest BCUT2D eigenvalue weighted by atomic mass is 16.4. The SMILES string of the molecule is Cc1cc(C)nc(N2CCCC(CC(=O)O)C2)n1. The van der Waals surface area contributed by atoms with Gasteiger partial charge in [0.15, 0.2) is 0 Å². The third-order valence-electron chi connectivity index (χ3n) is 3.24. The van der Waals surface area contributed by atoms with Crippen molar-refractivity contribution in [2.45, 2.75) is 33.1 Å². The molecule has 0 aliphatic carbocycles. The van der Waals surface area contributed by atoms with E-state index in [1.165, 1.54) is 0 Å². The molecule has 1 unspecified atom stereocenters. The number of aliphatic carboxylic acids is 1. The Morgan fingerprint density at radius 2 is 2.11 bits per heavy atom. The van der Waals surface area contributed by atoms with Crippen LogP contribution in [0.5, 0.6) is 0 Å². The average Bonchev–Trinajstić information content (AvgIpc) is 2.27. The number of aryl methyl sites for hydroxylation is 2. The molecule has 0 amide bonds. The van der Waals surface area contributed by atoms with Crippen LogP contribution < -0.4 is 4.90 Å². The van der Waals surface area contributed by atoms with Gasteiger partial charge in [0.25, 0.3) is 0 Å². The fourth-order valence-electron chi connectivity index (χ4n) is 2.51. The zero-order chi connectivity index (χ0) is 13.1. The van der Waals surface area contributed by atoms with Crippen LogP contribution in [0.2, 0.25) is 0 Å². The summed E-state index contributed by atoms with van der Waals surface area (Å²) in [6, 6.07) is 1.95. The molecule has 0 saturated carbocycles. The number of nitrogens with zero attached hydrogens (tertiary/aromatic N) is 3. The minimum absolute atomic E-state index is 0.209. The van der Waals surface area contributed by atoms with Crippen molar-refractivity contribution in [1.82, 2.24) is 9.97 Å². The standard InChI is InChI=1S/C13H19N3O2/c1-9-6-10(2)15-13(14-9)16-5-3-4-11(8-16)7-12(17)18/h6,11H,3-5,7-8H2,1-2H3,(H,17,18). The van der Waals surface area contributed by atoms with E-state index in [0.717, 1.165) is 43.3 Å². The fraction of sp³-hybridized carbons (Fsp3) is 0.615. The van der Waals surface area contributed by atoms with Gasteiger partial charge >= 0.3 is 5.97 Å². The number of aromatic nitrogens is 2. The topological polar surface area (TPSA) is 66.3 Å². The third-order valence-corrected chi connectivity index (χ3v) is 3.24. The predicted molar refractivity (Wildman–Crippen MR) is 68.7 cm³/mol. The van der Waals surface area contributed by atoms with Crippen LogP contribution in [0.25, 0.3) is 0 Å². The molecule has 5 heteroatoms. The number of hydrogen-bond acceptors (Lipinski definition) is 4. The van der Waals surface area contributed by atoms with Crippen LogP contribution in [0, 0.1) is 19.8 Å². The number of piperidine rings is 1. The lowest BCUT2D eigenvalue weighted by molar-refractivity contribution is -0.138. The second kappa shape index (κ2) is 5.33. The maximum Gasteiger partial charge on any atom is 0.303 e. The number of rotatable bonds is 3. The van der Waals surface area contributed by atoms with Gasteiger partial charge in [0.1, 0.15) is 0 Å². The van der Waals surface area contributed by atoms with E-state index in [1.807, 2.05) is 19.9 Å². The molecule has 1 aliphatic rings. The molecule has 1 fully saturated rings. The Morgan fingerprint density at radius 3 is 2.72 bits per heavy atom. The van der Waals surface area contributed by atoms with Crippen molar-refractivity contribution >= 4 is 11.9 Å². The summed E-state index contributed by atoms with van der Waals surface area (Å²) in [5.74, 6) is 0.228. The second-order valence-corrected chi connectivity index (χ2v) is 5.00. The van der Waals surface area contributed by atoms with E-state index in [0.29, 0.717) is 0 Å². The molecule has 0 radical (unpaired) electrons. The van der Waals surface area contributed by atoms with E-state index >= 15 is 0 Å². The Balaban J connectivity index is 2.10. The van der Waals surface area contributed by atoms with Gasteiger partial charge in [-0.1, -0.05) is 0 Å². The van der Waals surface area contributed by atoms with E-state index in [4.69, 9.17) is 5.11 Å². The zero-order valence-corrected chi connectivity index (χ0v) is 10.9. The van der Waals surface area contributed by atoms with Crippen molar-refractivity contribution in [3.63, 3.8) is 0 Å². The molecule has 1 N–H and O–H groups in total. The number of anilines is 1. The number of carboxylic acids is 1. The van der Waals surface area contributed by atoms with Crippen molar-refractivity contribution in [3.05, 3.63) is 17.5 Å². The van der Waals surface area contributed by atoms with E-state index in [1.54, 1.807) is 0 Å². The maximum absolute atomic E-state index is 10.8. The van der Waals surface area contributed by atoms with Gasteiger partial charge in [-0.15, -0.1) is 0 Å². The Bertz CT molecular complexity index is 428. The van der Waals surface area contributed by atoms with Crippen molar-refractivity contribution in [2.24, 2.45) is 5.92 Å². The lowest BCUT2D eigenvalue weighted by atomic mass is 9.95. The number of carboxylic acid groups (broad SMARTS) is 1. The zero-order valence-electron chi connectivity index (χ0n) is 10.9. The molecule has 5 nitrogen and oxygen atoms in total. The molecule has 2 heterocycles. The van der Waals surface area contributed by atoms with Gasteiger partial charge in [-0.3, -0.25) is 4.79 Å². The molecule has 1 aromatic rings. The van der Waals surface area contributed by atoms with Crippen LogP contribution in [0.1, 0.15) is 30.7 Å². The van der Waals surface area contributed by atoms with E-state index in [9.17, 15) is 4.79 Å². The maximum atomic E-state index is 10.8. The highest BCUT2D eigenvalue weighted by molar-refractivity contribution is 5.67. The molecule has 1 saturated heterocycles. The van der Waals surface area contributed by atoms with E-state index < -0.39 is 5.97 Å². The second-order valence-electron chi connectivity index (χ2n) is 5.00. The number of hydrogen-bond donors (Lipinski definition) is 1. The molecular formula is C13H19N3O2. The molecule has 1 aliphatic heterocycles. The third kappa shape index (κ3) is 3.18. The van der Waals surface area contributed by atoms with Crippen LogP contribution >= 0.6 is 0 Å². The molecule has 2 rings (SSSR count). The summed E-state index contributed by atoms with van der Waals surface area (Å²) in [6.45, 7) is 5.57. The quantitative estimate of drug-likeness (QED) is 0.884. The van der Waals surface area contributed by atoms with E-state index in [2.05, 4.69) is 14.9 Å². The largest absolute Gasteiger partial charge is 0.481 e. The molecule has 0 aromatic carbocycles. The van der Waals surface area contributed by atoms with Gasteiger partial charge < -0.3 is 10.0 Å². The minimum atomic E-state index is -0.719. The van der Waals surface area contributed by atoms with E-state index in [-0.39, 0.29) is 12.3 Å². The first kappa shape index (κ1) is 12.8. The molecular weight excluding hydrogens is 230 g/mol. The summed E-state index contributed by atoms with van der Waals surface area (Å²) in [6.07, 6.45) is 2.23. The fourth-order valence-corrected chi connectivity index (χ4v) is 2.51. The van der Waals surface area contributed by atoms with Crippen LogP contribution in [-0.2, 0) is 4.79 Å². The van der Waals surface area contributed by atoms with Gasteiger partial charge in [0, 0.05) is 30.9 Å². The lowest BCUT2D eigenvalue weighted by Gasteiger charge is -2.32. The average molecular weight is 249 g/mol. The van der Waals surface area contributed by atoms with Crippen LogP contribution in [0.4, 0.5) is 5.95 Å².